The summed E-state index contributed by atoms with van der Waals surface area (Å²) >= 11 is 0. The van der Waals surface area contributed by atoms with E-state index >= 15 is 0 Å². The van der Waals surface area contributed by atoms with E-state index < -0.39 is 5.60 Å². The maximum atomic E-state index is 13.3. The standard InChI is InChI=1S/C12H18FNO/c1-9-4-5-10(13)11(8-9)14-7-6-12(2,3)15/h4-5,8,14-15H,6-7H2,1-3H3. The molecule has 3 heteroatoms. The topological polar surface area (TPSA) is 32.3 Å². The van der Waals surface area contributed by atoms with Crippen LogP contribution in [0.4, 0.5) is 10.1 Å². The first-order valence-corrected chi connectivity index (χ1v) is 5.11. The average molecular weight is 211 g/mol. The van der Waals surface area contributed by atoms with Gasteiger partial charge in [0.2, 0.25) is 0 Å². The highest BCUT2D eigenvalue weighted by molar-refractivity contribution is 5.46. The van der Waals surface area contributed by atoms with Gasteiger partial charge in [0.1, 0.15) is 5.82 Å². The first-order valence-electron chi connectivity index (χ1n) is 5.11. The lowest BCUT2D eigenvalue weighted by Crippen LogP contribution is -2.22. The van der Waals surface area contributed by atoms with Crippen molar-refractivity contribution >= 4 is 5.69 Å². The molecular formula is C12H18FNO. The van der Waals surface area contributed by atoms with Crippen molar-refractivity contribution in [2.24, 2.45) is 0 Å². The molecule has 84 valence electrons. The number of anilines is 1. The molecule has 0 atom stereocenters. The smallest absolute Gasteiger partial charge is 0.146 e. The number of hydrogen-bond donors (Lipinski definition) is 2. The fourth-order valence-electron chi connectivity index (χ4n) is 1.28. The molecule has 0 heterocycles. The van der Waals surface area contributed by atoms with Crippen molar-refractivity contribution in [1.29, 1.82) is 0 Å². The Labute approximate surface area is 90.1 Å². The van der Waals surface area contributed by atoms with E-state index in [0.717, 1.165) is 5.56 Å². The van der Waals surface area contributed by atoms with Gasteiger partial charge in [0, 0.05) is 6.54 Å². The van der Waals surface area contributed by atoms with Crippen LogP contribution in [0, 0.1) is 12.7 Å². The van der Waals surface area contributed by atoms with Gasteiger partial charge in [-0.25, -0.2) is 4.39 Å². The van der Waals surface area contributed by atoms with Crippen LogP contribution in [-0.4, -0.2) is 17.3 Å². The second kappa shape index (κ2) is 4.62. The Kier molecular flexibility index (Phi) is 3.69. The van der Waals surface area contributed by atoms with E-state index in [1.807, 2.05) is 6.92 Å². The van der Waals surface area contributed by atoms with Gasteiger partial charge in [0.05, 0.1) is 11.3 Å². The Morgan fingerprint density at radius 2 is 2.07 bits per heavy atom. The summed E-state index contributed by atoms with van der Waals surface area (Å²) in [6.07, 6.45) is 0.584. The number of benzene rings is 1. The molecule has 0 bridgehead atoms. The largest absolute Gasteiger partial charge is 0.390 e. The first-order chi connectivity index (χ1) is 6.88. The van der Waals surface area contributed by atoms with Gasteiger partial charge in [-0.1, -0.05) is 6.07 Å². The van der Waals surface area contributed by atoms with Crippen LogP contribution in [0.5, 0.6) is 0 Å². The summed E-state index contributed by atoms with van der Waals surface area (Å²) in [5.74, 6) is -0.253. The Morgan fingerprint density at radius 1 is 1.40 bits per heavy atom. The molecule has 0 radical (unpaired) electrons. The van der Waals surface area contributed by atoms with Crippen LogP contribution in [0.15, 0.2) is 18.2 Å². The van der Waals surface area contributed by atoms with Crippen LogP contribution in [0.2, 0.25) is 0 Å². The summed E-state index contributed by atoms with van der Waals surface area (Å²) in [5.41, 5.74) is 0.800. The third kappa shape index (κ3) is 4.30. The zero-order chi connectivity index (χ0) is 11.5. The van der Waals surface area contributed by atoms with Crippen LogP contribution >= 0.6 is 0 Å². The van der Waals surface area contributed by atoms with Gasteiger partial charge in [0.25, 0.3) is 0 Å². The van der Waals surface area contributed by atoms with Crippen molar-refractivity contribution in [2.45, 2.75) is 32.8 Å². The number of rotatable bonds is 4. The quantitative estimate of drug-likeness (QED) is 0.802. The molecule has 1 aromatic rings. The summed E-state index contributed by atoms with van der Waals surface area (Å²) in [7, 11) is 0. The van der Waals surface area contributed by atoms with Crippen molar-refractivity contribution in [3.05, 3.63) is 29.6 Å². The number of halogens is 1. The third-order valence-electron chi connectivity index (χ3n) is 2.17. The molecule has 2 N–H and O–H groups in total. The highest BCUT2D eigenvalue weighted by Gasteiger charge is 2.11. The van der Waals surface area contributed by atoms with E-state index in [9.17, 15) is 9.50 Å². The molecule has 15 heavy (non-hydrogen) atoms. The highest BCUT2D eigenvalue weighted by Crippen LogP contribution is 2.16. The summed E-state index contributed by atoms with van der Waals surface area (Å²) < 4.78 is 13.3. The molecule has 1 rings (SSSR count). The molecule has 0 aliphatic heterocycles. The predicted octanol–water partition coefficient (Wildman–Crippen LogP) is 2.71. The third-order valence-corrected chi connectivity index (χ3v) is 2.17. The Hall–Kier alpha value is -1.09. The van der Waals surface area contributed by atoms with E-state index in [1.165, 1.54) is 6.07 Å². The molecule has 0 amide bonds. The number of nitrogens with one attached hydrogen (secondary N) is 1. The van der Waals surface area contributed by atoms with E-state index in [1.54, 1.807) is 26.0 Å². The predicted molar refractivity (Wildman–Crippen MR) is 60.5 cm³/mol. The summed E-state index contributed by atoms with van der Waals surface area (Å²) in [5, 5.41) is 12.5. The summed E-state index contributed by atoms with van der Waals surface area (Å²) in [6.45, 7) is 5.95. The van der Waals surface area contributed by atoms with Crippen molar-refractivity contribution in [3.63, 3.8) is 0 Å². The molecule has 2 nitrogen and oxygen atoms in total. The molecule has 0 unspecified atom stereocenters. The minimum absolute atomic E-state index is 0.253. The number of hydrogen-bond acceptors (Lipinski definition) is 2. The molecule has 0 aliphatic rings. The first kappa shape index (κ1) is 12.0. The Balaban J connectivity index is 2.54. The van der Waals surface area contributed by atoms with Crippen LogP contribution < -0.4 is 5.32 Å². The van der Waals surface area contributed by atoms with Gasteiger partial charge >= 0.3 is 0 Å². The van der Waals surface area contributed by atoms with Crippen molar-refractivity contribution < 1.29 is 9.50 Å². The Bertz CT molecular complexity index is 331. The molecule has 0 aromatic heterocycles. The van der Waals surface area contributed by atoms with E-state index in [4.69, 9.17) is 0 Å². The van der Waals surface area contributed by atoms with Gasteiger partial charge < -0.3 is 10.4 Å². The molecule has 0 saturated heterocycles. The minimum Gasteiger partial charge on any atom is -0.390 e. The molecular weight excluding hydrogens is 193 g/mol. The Morgan fingerprint density at radius 3 is 2.67 bits per heavy atom. The molecule has 1 aromatic carbocycles. The SMILES string of the molecule is Cc1ccc(F)c(NCCC(C)(C)O)c1. The van der Waals surface area contributed by atoms with Gasteiger partial charge in [-0.2, -0.15) is 0 Å². The highest BCUT2D eigenvalue weighted by atomic mass is 19.1. The summed E-state index contributed by atoms with van der Waals surface area (Å²) in [4.78, 5) is 0. The normalized spacial score (nSPS) is 11.5. The zero-order valence-electron chi connectivity index (χ0n) is 9.47. The maximum absolute atomic E-state index is 13.3. The van der Waals surface area contributed by atoms with E-state index in [0.29, 0.717) is 18.7 Å². The second-order valence-electron chi connectivity index (χ2n) is 4.47. The van der Waals surface area contributed by atoms with Crippen LogP contribution in [0.1, 0.15) is 25.8 Å². The monoisotopic (exact) mass is 211 g/mol. The number of aryl methyl sites for hydroxylation is 1. The van der Waals surface area contributed by atoms with Gasteiger partial charge in [0.15, 0.2) is 0 Å². The van der Waals surface area contributed by atoms with Crippen molar-refractivity contribution in [3.8, 4) is 0 Å². The van der Waals surface area contributed by atoms with Crippen LogP contribution in [0.3, 0.4) is 0 Å². The van der Waals surface area contributed by atoms with Gasteiger partial charge in [-0.3, -0.25) is 0 Å². The molecule has 0 spiro atoms. The van der Waals surface area contributed by atoms with E-state index in [-0.39, 0.29) is 5.82 Å². The maximum Gasteiger partial charge on any atom is 0.146 e. The average Bonchev–Trinajstić information content (AvgIpc) is 2.09. The molecule has 0 saturated carbocycles. The lowest BCUT2D eigenvalue weighted by molar-refractivity contribution is 0.0748. The van der Waals surface area contributed by atoms with Crippen LogP contribution in [0.25, 0.3) is 0 Å². The lowest BCUT2D eigenvalue weighted by Gasteiger charge is -2.17. The molecule has 0 fully saturated rings. The lowest BCUT2D eigenvalue weighted by atomic mass is 10.1. The zero-order valence-corrected chi connectivity index (χ0v) is 9.47. The van der Waals surface area contributed by atoms with Crippen molar-refractivity contribution in [2.75, 3.05) is 11.9 Å². The minimum atomic E-state index is -0.715. The fourth-order valence-corrected chi connectivity index (χ4v) is 1.28. The van der Waals surface area contributed by atoms with Crippen molar-refractivity contribution in [1.82, 2.24) is 0 Å². The van der Waals surface area contributed by atoms with Crippen LogP contribution in [-0.2, 0) is 0 Å². The number of aliphatic hydroxyl groups is 1. The summed E-state index contributed by atoms with van der Waals surface area (Å²) in [6, 6.07) is 4.94. The second-order valence-corrected chi connectivity index (χ2v) is 4.47. The molecule has 0 aliphatic carbocycles. The van der Waals surface area contributed by atoms with Gasteiger partial charge in [-0.05, 0) is 44.9 Å². The van der Waals surface area contributed by atoms with Gasteiger partial charge in [-0.15, -0.1) is 0 Å². The fraction of sp³-hybridized carbons (Fsp3) is 0.500. The van der Waals surface area contributed by atoms with E-state index in [2.05, 4.69) is 5.32 Å².